The summed E-state index contributed by atoms with van der Waals surface area (Å²) in [5, 5.41) is 3.30. The largest absolute Gasteiger partial charge is 0.335 e. The minimum atomic E-state index is -0.385. The van der Waals surface area contributed by atoms with E-state index in [0.717, 1.165) is 25.9 Å². The number of likely N-dealkylation sites (N-methyl/N-ethyl adjacent to an activating group) is 1. The predicted octanol–water partition coefficient (Wildman–Crippen LogP) is 2.80. The van der Waals surface area contributed by atoms with Crippen molar-refractivity contribution < 1.29 is 9.18 Å². The first-order valence-corrected chi connectivity index (χ1v) is 7.39. The van der Waals surface area contributed by atoms with E-state index in [2.05, 4.69) is 21.2 Å². The molecule has 1 fully saturated rings. The Labute approximate surface area is 121 Å². The predicted molar refractivity (Wildman–Crippen MR) is 76.7 cm³/mol. The van der Waals surface area contributed by atoms with Gasteiger partial charge in [-0.3, -0.25) is 4.79 Å². The summed E-state index contributed by atoms with van der Waals surface area (Å²) < 4.78 is 14.0. The number of hydrogen-bond acceptors (Lipinski definition) is 2. The second-order valence-electron chi connectivity index (χ2n) is 4.72. The number of hydrogen-bond donors (Lipinski definition) is 1. The molecule has 1 aliphatic heterocycles. The van der Waals surface area contributed by atoms with Crippen molar-refractivity contribution in [3.8, 4) is 0 Å². The van der Waals surface area contributed by atoms with Crippen LogP contribution in [0.5, 0.6) is 0 Å². The van der Waals surface area contributed by atoms with Crippen LogP contribution < -0.4 is 5.32 Å². The number of nitrogens with one attached hydrogen (secondary N) is 1. The summed E-state index contributed by atoms with van der Waals surface area (Å²) in [5.74, 6) is -0.494. The number of carbonyl (C=O) groups is 1. The molecule has 1 amide bonds. The quantitative estimate of drug-likeness (QED) is 0.925. The van der Waals surface area contributed by atoms with Crippen molar-refractivity contribution in [3.63, 3.8) is 0 Å². The molecule has 1 aliphatic rings. The number of benzene rings is 1. The lowest BCUT2D eigenvalue weighted by Gasteiger charge is -2.34. The van der Waals surface area contributed by atoms with E-state index in [1.165, 1.54) is 12.1 Å². The molecule has 3 nitrogen and oxygen atoms in total. The Morgan fingerprint density at radius 1 is 1.58 bits per heavy atom. The lowest BCUT2D eigenvalue weighted by molar-refractivity contribution is 0.0660. The molecule has 104 valence electrons. The Morgan fingerprint density at radius 2 is 2.37 bits per heavy atom. The average molecular weight is 329 g/mol. The zero-order valence-electron chi connectivity index (χ0n) is 11.0. The van der Waals surface area contributed by atoms with Crippen LogP contribution in [0.4, 0.5) is 4.39 Å². The Hall–Kier alpha value is -0.940. The van der Waals surface area contributed by atoms with Gasteiger partial charge in [0.05, 0.1) is 5.56 Å². The molecule has 2 rings (SSSR count). The zero-order chi connectivity index (χ0) is 13.8. The minimum Gasteiger partial charge on any atom is -0.335 e. The summed E-state index contributed by atoms with van der Waals surface area (Å²) in [5.41, 5.74) is 0.396. The molecule has 0 spiro atoms. The zero-order valence-corrected chi connectivity index (χ0v) is 12.5. The lowest BCUT2D eigenvalue weighted by Crippen LogP contribution is -2.48. The molecule has 1 unspecified atom stereocenters. The van der Waals surface area contributed by atoms with E-state index in [1.54, 1.807) is 6.07 Å². The van der Waals surface area contributed by atoms with Crippen LogP contribution >= 0.6 is 15.9 Å². The molecule has 1 aromatic rings. The Balaban J connectivity index is 2.22. The highest BCUT2D eigenvalue weighted by atomic mass is 79.9. The van der Waals surface area contributed by atoms with Gasteiger partial charge in [-0.05, 0) is 60.4 Å². The monoisotopic (exact) mass is 328 g/mol. The molecule has 5 heteroatoms. The molecule has 1 N–H and O–H groups in total. The van der Waals surface area contributed by atoms with Crippen molar-refractivity contribution in [3.05, 3.63) is 34.1 Å². The van der Waals surface area contributed by atoms with Crippen LogP contribution in [-0.2, 0) is 0 Å². The van der Waals surface area contributed by atoms with Gasteiger partial charge in [-0.2, -0.15) is 0 Å². The summed E-state index contributed by atoms with van der Waals surface area (Å²) in [4.78, 5) is 14.4. The van der Waals surface area contributed by atoms with Gasteiger partial charge >= 0.3 is 0 Å². The fourth-order valence-electron chi connectivity index (χ4n) is 2.48. The summed E-state index contributed by atoms with van der Waals surface area (Å²) in [6.45, 7) is 4.41. The highest BCUT2D eigenvalue weighted by Gasteiger charge is 2.26. The van der Waals surface area contributed by atoms with Crippen LogP contribution in [0.25, 0.3) is 0 Å². The van der Waals surface area contributed by atoms with Gasteiger partial charge in [0.2, 0.25) is 0 Å². The van der Waals surface area contributed by atoms with Gasteiger partial charge < -0.3 is 10.2 Å². The van der Waals surface area contributed by atoms with Crippen LogP contribution in [0.2, 0.25) is 0 Å². The molecule has 19 heavy (non-hydrogen) atoms. The Kier molecular flexibility index (Phi) is 4.93. The number of rotatable bonds is 3. The van der Waals surface area contributed by atoms with E-state index in [0.29, 0.717) is 16.6 Å². The van der Waals surface area contributed by atoms with Crippen molar-refractivity contribution in [2.24, 2.45) is 0 Å². The number of halogens is 2. The van der Waals surface area contributed by atoms with Gasteiger partial charge in [-0.25, -0.2) is 4.39 Å². The van der Waals surface area contributed by atoms with Gasteiger partial charge in [0, 0.05) is 23.6 Å². The van der Waals surface area contributed by atoms with Crippen LogP contribution in [0.3, 0.4) is 0 Å². The number of amides is 1. The molecule has 0 saturated carbocycles. The van der Waals surface area contributed by atoms with Gasteiger partial charge in [0.25, 0.3) is 5.91 Å². The maximum Gasteiger partial charge on any atom is 0.255 e. The molecular formula is C14H18BrFN2O. The van der Waals surface area contributed by atoms with Gasteiger partial charge in [0.15, 0.2) is 0 Å². The summed E-state index contributed by atoms with van der Waals surface area (Å²) in [7, 11) is 0. The summed E-state index contributed by atoms with van der Waals surface area (Å²) >= 11 is 3.32. The van der Waals surface area contributed by atoms with Crippen molar-refractivity contribution >= 4 is 21.8 Å². The van der Waals surface area contributed by atoms with Crippen LogP contribution in [0.15, 0.2) is 22.7 Å². The van der Waals surface area contributed by atoms with Crippen molar-refractivity contribution in [1.82, 2.24) is 10.2 Å². The van der Waals surface area contributed by atoms with Gasteiger partial charge in [0.1, 0.15) is 5.82 Å². The van der Waals surface area contributed by atoms with E-state index < -0.39 is 0 Å². The molecule has 0 aromatic heterocycles. The van der Waals surface area contributed by atoms with E-state index in [4.69, 9.17) is 0 Å². The molecule has 1 atom stereocenters. The first-order chi connectivity index (χ1) is 9.13. The molecule has 1 saturated heterocycles. The average Bonchev–Trinajstić information content (AvgIpc) is 2.43. The third kappa shape index (κ3) is 3.34. The first kappa shape index (κ1) is 14.5. The summed E-state index contributed by atoms with van der Waals surface area (Å²) in [6.07, 6.45) is 2.07. The minimum absolute atomic E-state index is 0.109. The number of piperidine rings is 1. The first-order valence-electron chi connectivity index (χ1n) is 6.60. The van der Waals surface area contributed by atoms with Crippen molar-refractivity contribution in [2.45, 2.75) is 25.8 Å². The summed E-state index contributed by atoms with van der Waals surface area (Å²) in [6, 6.07) is 4.42. The fraction of sp³-hybridized carbons (Fsp3) is 0.500. The van der Waals surface area contributed by atoms with Crippen LogP contribution in [-0.4, -0.2) is 36.5 Å². The second-order valence-corrected chi connectivity index (χ2v) is 5.57. The van der Waals surface area contributed by atoms with Crippen LogP contribution in [0, 0.1) is 5.82 Å². The molecule has 0 bridgehead atoms. The smallest absolute Gasteiger partial charge is 0.255 e. The Morgan fingerprint density at radius 3 is 3.00 bits per heavy atom. The molecule has 1 aromatic carbocycles. The van der Waals surface area contributed by atoms with E-state index in [9.17, 15) is 9.18 Å². The SMILES string of the molecule is CCN(C(=O)c1cc(F)ccc1Br)C1CCCNC1. The molecule has 0 radical (unpaired) electrons. The normalized spacial score (nSPS) is 19.2. The lowest BCUT2D eigenvalue weighted by atomic mass is 10.0. The highest BCUT2D eigenvalue weighted by molar-refractivity contribution is 9.10. The number of carbonyl (C=O) groups excluding carboxylic acids is 1. The number of nitrogens with zero attached hydrogens (tertiary/aromatic N) is 1. The van der Waals surface area contributed by atoms with Gasteiger partial charge in [-0.1, -0.05) is 0 Å². The van der Waals surface area contributed by atoms with Crippen LogP contribution in [0.1, 0.15) is 30.1 Å². The second kappa shape index (κ2) is 6.48. The topological polar surface area (TPSA) is 32.3 Å². The third-order valence-electron chi connectivity index (χ3n) is 3.47. The standard InChI is InChI=1S/C14H18BrFN2O/c1-2-18(11-4-3-7-17-9-11)14(19)12-8-10(16)5-6-13(12)15/h5-6,8,11,17H,2-4,7,9H2,1H3. The molecular weight excluding hydrogens is 311 g/mol. The maximum absolute atomic E-state index is 13.3. The van der Waals surface area contributed by atoms with Gasteiger partial charge in [-0.15, -0.1) is 0 Å². The highest BCUT2D eigenvalue weighted by Crippen LogP contribution is 2.22. The molecule has 0 aliphatic carbocycles. The maximum atomic E-state index is 13.3. The Bertz CT molecular complexity index is 461. The van der Waals surface area contributed by atoms with Crippen molar-refractivity contribution in [1.29, 1.82) is 0 Å². The van der Waals surface area contributed by atoms with E-state index in [1.807, 2.05) is 11.8 Å². The fourth-order valence-corrected chi connectivity index (χ4v) is 2.90. The van der Waals surface area contributed by atoms with E-state index in [-0.39, 0.29) is 17.8 Å². The van der Waals surface area contributed by atoms with Crippen molar-refractivity contribution in [2.75, 3.05) is 19.6 Å². The van der Waals surface area contributed by atoms with E-state index >= 15 is 0 Å². The third-order valence-corrected chi connectivity index (χ3v) is 4.16. The molecule has 1 heterocycles.